The fourth-order valence-electron chi connectivity index (χ4n) is 0.455. The van der Waals surface area contributed by atoms with E-state index in [1.807, 2.05) is 0 Å². The first-order valence-electron chi connectivity index (χ1n) is 2.93. The highest BCUT2D eigenvalue weighted by Crippen LogP contribution is 2.32. The van der Waals surface area contributed by atoms with Crippen molar-refractivity contribution in [2.45, 2.75) is 24.0 Å². The number of hydrogen-bond acceptors (Lipinski definition) is 2. The van der Waals surface area contributed by atoms with Crippen LogP contribution in [-0.4, -0.2) is 37.0 Å². The summed E-state index contributed by atoms with van der Waals surface area (Å²) in [5.41, 5.74) is 0. The third-order valence-electron chi connectivity index (χ3n) is 1.19. The van der Waals surface area contributed by atoms with Crippen LogP contribution in [0.25, 0.3) is 0 Å². The maximum Gasteiger partial charge on any atom is 0.403 e. The maximum absolute atomic E-state index is 12.2. The number of alkyl halides is 6. The molecule has 0 aliphatic heterocycles. The van der Waals surface area contributed by atoms with Crippen LogP contribution in [0.3, 0.4) is 0 Å². The minimum Gasteiger partial charge on any atom is -0.281 e. The molecule has 2 atom stereocenters. The van der Waals surface area contributed by atoms with Gasteiger partial charge in [0.1, 0.15) is 0 Å². The van der Waals surface area contributed by atoms with Gasteiger partial charge in [0.05, 0.1) is 0 Å². The Bertz CT molecular complexity index is 287. The van der Waals surface area contributed by atoms with E-state index < -0.39 is 34.1 Å². The Labute approximate surface area is 74.5 Å². The van der Waals surface area contributed by atoms with Gasteiger partial charge in [-0.3, -0.25) is 4.55 Å². The largest absolute Gasteiger partial charge is 0.403 e. The number of hydrogen-bond donors (Lipinski definition) is 1. The van der Waals surface area contributed by atoms with E-state index in [1.54, 1.807) is 0 Å². The zero-order chi connectivity index (χ0) is 11.7. The van der Waals surface area contributed by atoms with Crippen LogP contribution in [0.4, 0.5) is 26.3 Å². The van der Waals surface area contributed by atoms with Gasteiger partial charge < -0.3 is 0 Å². The third kappa shape index (κ3) is 2.50. The van der Waals surface area contributed by atoms with E-state index in [-0.39, 0.29) is 0 Å². The van der Waals surface area contributed by atoms with Crippen molar-refractivity contribution < 1.29 is 39.3 Å². The SMILES string of the molecule is O=S(=O)(O)C(F)(F)C(F)C(F)C(F)F. The van der Waals surface area contributed by atoms with Crippen molar-refractivity contribution in [3.63, 3.8) is 0 Å². The molecule has 86 valence electrons. The van der Waals surface area contributed by atoms with E-state index in [9.17, 15) is 34.8 Å². The first-order valence-corrected chi connectivity index (χ1v) is 4.37. The van der Waals surface area contributed by atoms with E-state index in [0.29, 0.717) is 0 Å². The van der Waals surface area contributed by atoms with Crippen molar-refractivity contribution in [1.82, 2.24) is 0 Å². The van der Waals surface area contributed by atoms with Gasteiger partial charge >= 0.3 is 15.4 Å². The van der Waals surface area contributed by atoms with Gasteiger partial charge in [0.25, 0.3) is 6.43 Å². The highest BCUT2D eigenvalue weighted by Gasteiger charge is 2.58. The van der Waals surface area contributed by atoms with Gasteiger partial charge in [-0.05, 0) is 0 Å². The Hall–Kier alpha value is -0.510. The predicted octanol–water partition coefficient (Wildman–Crippen LogP) is 1.41. The molecule has 14 heavy (non-hydrogen) atoms. The summed E-state index contributed by atoms with van der Waals surface area (Å²) in [7, 11) is -6.26. The lowest BCUT2D eigenvalue weighted by atomic mass is 10.2. The Kier molecular flexibility index (Phi) is 3.78. The quantitative estimate of drug-likeness (QED) is 0.602. The monoisotopic (exact) mass is 246 g/mol. The Morgan fingerprint density at radius 3 is 1.64 bits per heavy atom. The minimum absolute atomic E-state index is 3.99. The van der Waals surface area contributed by atoms with Crippen molar-refractivity contribution in [3.8, 4) is 0 Å². The van der Waals surface area contributed by atoms with Crippen LogP contribution in [0.2, 0.25) is 0 Å². The van der Waals surface area contributed by atoms with Gasteiger partial charge in [-0.2, -0.15) is 17.2 Å². The van der Waals surface area contributed by atoms with Crippen molar-refractivity contribution in [2.75, 3.05) is 0 Å². The Morgan fingerprint density at radius 2 is 1.43 bits per heavy atom. The lowest BCUT2D eigenvalue weighted by Gasteiger charge is -2.19. The van der Waals surface area contributed by atoms with Crippen LogP contribution < -0.4 is 0 Å². The fourth-order valence-corrected chi connectivity index (χ4v) is 0.870. The van der Waals surface area contributed by atoms with E-state index in [0.717, 1.165) is 0 Å². The van der Waals surface area contributed by atoms with Crippen molar-refractivity contribution in [3.05, 3.63) is 0 Å². The van der Waals surface area contributed by atoms with Gasteiger partial charge in [-0.15, -0.1) is 0 Å². The smallest absolute Gasteiger partial charge is 0.281 e. The molecule has 1 N–H and O–H groups in total. The molecule has 0 heterocycles. The van der Waals surface area contributed by atoms with Gasteiger partial charge in [0, 0.05) is 0 Å². The molecule has 0 rings (SSSR count). The molecule has 10 heteroatoms. The molecular formula is C4H4F6O3S. The van der Waals surface area contributed by atoms with Crippen LogP contribution in [0.15, 0.2) is 0 Å². The molecule has 0 saturated carbocycles. The summed E-state index contributed by atoms with van der Waals surface area (Å²) in [5.74, 6) is 0. The van der Waals surface area contributed by atoms with Crippen LogP contribution in [0, 0.1) is 0 Å². The van der Waals surface area contributed by atoms with Crippen LogP contribution in [0.1, 0.15) is 0 Å². The fraction of sp³-hybridized carbons (Fsp3) is 1.00. The van der Waals surface area contributed by atoms with Crippen LogP contribution >= 0.6 is 0 Å². The second-order valence-electron chi connectivity index (χ2n) is 2.22. The lowest BCUT2D eigenvalue weighted by molar-refractivity contribution is -0.0823. The second-order valence-corrected chi connectivity index (χ2v) is 3.71. The molecule has 2 unspecified atom stereocenters. The highest BCUT2D eigenvalue weighted by atomic mass is 32.2. The summed E-state index contributed by atoms with van der Waals surface area (Å²) in [5, 5.41) is -5.59. The molecule has 0 aromatic rings. The summed E-state index contributed by atoms with van der Waals surface area (Å²) in [6, 6.07) is 0. The zero-order valence-electron chi connectivity index (χ0n) is 6.17. The van der Waals surface area contributed by atoms with Gasteiger partial charge in [-0.1, -0.05) is 0 Å². The lowest BCUT2D eigenvalue weighted by Crippen LogP contribution is -2.46. The minimum atomic E-state index is -6.26. The molecular weight excluding hydrogens is 242 g/mol. The summed E-state index contributed by atoms with van der Waals surface area (Å²) in [4.78, 5) is 0. The predicted molar refractivity (Wildman–Crippen MR) is 32.3 cm³/mol. The summed E-state index contributed by atoms with van der Waals surface area (Å²) >= 11 is 0. The molecule has 0 aliphatic carbocycles. The van der Waals surface area contributed by atoms with Crippen molar-refractivity contribution in [2.24, 2.45) is 0 Å². The molecule has 3 nitrogen and oxygen atoms in total. The summed E-state index contributed by atoms with van der Waals surface area (Å²) < 4.78 is 98.5. The van der Waals surface area contributed by atoms with E-state index >= 15 is 0 Å². The highest BCUT2D eigenvalue weighted by molar-refractivity contribution is 7.86. The van der Waals surface area contributed by atoms with Gasteiger partial charge in [0.15, 0.2) is 6.17 Å². The molecule has 0 aliphatic rings. The van der Waals surface area contributed by atoms with Crippen molar-refractivity contribution >= 4 is 10.1 Å². The molecule has 0 aromatic carbocycles. The summed E-state index contributed by atoms with van der Waals surface area (Å²) in [6.45, 7) is 0. The Balaban J connectivity index is 4.94. The second kappa shape index (κ2) is 3.93. The van der Waals surface area contributed by atoms with Gasteiger partial charge in [-0.25, -0.2) is 17.6 Å². The molecule has 0 spiro atoms. The molecule has 0 fully saturated rings. The molecule has 0 radical (unpaired) electrons. The first kappa shape index (κ1) is 13.5. The molecule has 0 saturated heterocycles. The molecule has 0 aromatic heterocycles. The third-order valence-corrected chi connectivity index (χ3v) is 2.10. The molecule has 0 bridgehead atoms. The topological polar surface area (TPSA) is 54.4 Å². The molecule has 0 amide bonds. The van der Waals surface area contributed by atoms with Crippen LogP contribution in [0.5, 0.6) is 0 Å². The summed E-state index contributed by atoms with van der Waals surface area (Å²) in [6.07, 6.45) is -12.4. The first-order chi connectivity index (χ1) is 6.01. The zero-order valence-corrected chi connectivity index (χ0v) is 6.99. The Morgan fingerprint density at radius 1 is 1.07 bits per heavy atom. The average molecular weight is 246 g/mol. The van der Waals surface area contributed by atoms with E-state index in [2.05, 4.69) is 0 Å². The number of rotatable bonds is 4. The maximum atomic E-state index is 12.2. The van der Waals surface area contributed by atoms with Crippen molar-refractivity contribution in [1.29, 1.82) is 0 Å². The van der Waals surface area contributed by atoms with E-state index in [1.165, 1.54) is 0 Å². The standard InChI is InChI=1S/C4H4F6O3S/c5-1(3(7)8)2(6)4(9,10)14(11,12)13/h1-3H,(H,11,12,13). The van der Waals surface area contributed by atoms with Crippen LogP contribution in [-0.2, 0) is 10.1 Å². The normalized spacial score (nSPS) is 18.3. The number of halogens is 6. The van der Waals surface area contributed by atoms with E-state index in [4.69, 9.17) is 4.55 Å². The van der Waals surface area contributed by atoms with Gasteiger partial charge in [0.2, 0.25) is 6.17 Å². The average Bonchev–Trinajstić information content (AvgIpc) is 1.99.